The Hall–Kier alpha value is -0.860. The molecule has 0 saturated carbocycles. The SMILES string of the molecule is CCC(C)(CN)OCCCc1ccccc1. The van der Waals surface area contributed by atoms with Gasteiger partial charge in [0.05, 0.1) is 5.60 Å². The maximum absolute atomic E-state index is 5.82. The first-order valence-corrected chi connectivity index (χ1v) is 6.08. The zero-order chi connectivity index (χ0) is 11.9. The molecule has 0 radical (unpaired) electrons. The van der Waals surface area contributed by atoms with Gasteiger partial charge in [-0.3, -0.25) is 0 Å². The largest absolute Gasteiger partial charge is 0.374 e. The van der Waals surface area contributed by atoms with Crippen LogP contribution in [0.15, 0.2) is 30.3 Å². The first kappa shape index (κ1) is 13.2. The maximum Gasteiger partial charge on any atom is 0.0773 e. The lowest BCUT2D eigenvalue weighted by atomic mass is 10.0. The van der Waals surface area contributed by atoms with Gasteiger partial charge in [-0.1, -0.05) is 37.3 Å². The fraction of sp³-hybridized carbons (Fsp3) is 0.571. The van der Waals surface area contributed by atoms with Crippen LogP contribution in [0.25, 0.3) is 0 Å². The number of hydrogen-bond acceptors (Lipinski definition) is 2. The van der Waals surface area contributed by atoms with Crippen LogP contribution in [0, 0.1) is 0 Å². The van der Waals surface area contributed by atoms with Gasteiger partial charge in [-0.2, -0.15) is 0 Å². The van der Waals surface area contributed by atoms with E-state index < -0.39 is 0 Å². The molecule has 1 aromatic rings. The van der Waals surface area contributed by atoms with E-state index in [1.54, 1.807) is 0 Å². The van der Waals surface area contributed by atoms with Crippen LogP contribution in [0.1, 0.15) is 32.3 Å². The van der Waals surface area contributed by atoms with Crippen LogP contribution in [0.3, 0.4) is 0 Å². The minimum Gasteiger partial charge on any atom is -0.374 e. The van der Waals surface area contributed by atoms with Crippen molar-refractivity contribution in [3.8, 4) is 0 Å². The van der Waals surface area contributed by atoms with E-state index in [4.69, 9.17) is 10.5 Å². The third-order valence-corrected chi connectivity index (χ3v) is 3.08. The van der Waals surface area contributed by atoms with Crippen LogP contribution < -0.4 is 5.73 Å². The van der Waals surface area contributed by atoms with E-state index in [2.05, 4.69) is 38.1 Å². The van der Waals surface area contributed by atoms with Crippen molar-refractivity contribution in [3.05, 3.63) is 35.9 Å². The Labute approximate surface area is 98.8 Å². The summed E-state index contributed by atoms with van der Waals surface area (Å²) in [5.74, 6) is 0. The van der Waals surface area contributed by atoms with Crippen molar-refractivity contribution >= 4 is 0 Å². The molecule has 0 aromatic heterocycles. The number of ether oxygens (including phenoxy) is 1. The lowest BCUT2D eigenvalue weighted by Crippen LogP contribution is -2.37. The molecule has 2 heteroatoms. The standard InChI is InChI=1S/C14H23NO/c1-3-14(2,12-15)16-11-7-10-13-8-5-4-6-9-13/h4-6,8-9H,3,7,10-12,15H2,1-2H3. The van der Waals surface area contributed by atoms with Gasteiger partial charge in [0.15, 0.2) is 0 Å². The van der Waals surface area contributed by atoms with E-state index in [1.807, 2.05) is 6.07 Å². The van der Waals surface area contributed by atoms with Crippen LogP contribution >= 0.6 is 0 Å². The average Bonchev–Trinajstić information content (AvgIpc) is 2.36. The van der Waals surface area contributed by atoms with Crippen molar-refractivity contribution in [1.82, 2.24) is 0 Å². The minimum absolute atomic E-state index is 0.142. The highest BCUT2D eigenvalue weighted by molar-refractivity contribution is 5.14. The number of hydrogen-bond donors (Lipinski definition) is 1. The third-order valence-electron chi connectivity index (χ3n) is 3.08. The van der Waals surface area contributed by atoms with Crippen LogP contribution in [0.2, 0.25) is 0 Å². The van der Waals surface area contributed by atoms with Gasteiger partial charge in [-0.25, -0.2) is 0 Å². The highest BCUT2D eigenvalue weighted by Crippen LogP contribution is 2.14. The molecule has 1 aromatic carbocycles. The van der Waals surface area contributed by atoms with E-state index in [-0.39, 0.29) is 5.60 Å². The van der Waals surface area contributed by atoms with E-state index in [1.165, 1.54) is 5.56 Å². The van der Waals surface area contributed by atoms with Crippen molar-refractivity contribution in [2.45, 2.75) is 38.7 Å². The number of benzene rings is 1. The van der Waals surface area contributed by atoms with Crippen molar-refractivity contribution < 1.29 is 4.74 Å². The Bertz CT molecular complexity index is 280. The molecule has 0 aliphatic carbocycles. The zero-order valence-electron chi connectivity index (χ0n) is 10.4. The Morgan fingerprint density at radius 1 is 1.25 bits per heavy atom. The van der Waals surface area contributed by atoms with E-state index >= 15 is 0 Å². The molecule has 1 atom stereocenters. The summed E-state index contributed by atoms with van der Waals surface area (Å²) in [7, 11) is 0. The lowest BCUT2D eigenvalue weighted by Gasteiger charge is -2.26. The van der Waals surface area contributed by atoms with Crippen molar-refractivity contribution in [3.63, 3.8) is 0 Å². The molecule has 0 aliphatic rings. The van der Waals surface area contributed by atoms with Crippen LogP contribution in [-0.2, 0) is 11.2 Å². The monoisotopic (exact) mass is 221 g/mol. The second kappa shape index (κ2) is 6.66. The van der Waals surface area contributed by atoms with Crippen LogP contribution in [0.5, 0.6) is 0 Å². The Morgan fingerprint density at radius 2 is 1.94 bits per heavy atom. The Morgan fingerprint density at radius 3 is 2.50 bits per heavy atom. The third kappa shape index (κ3) is 4.33. The number of aryl methyl sites for hydroxylation is 1. The molecular formula is C14H23NO. The maximum atomic E-state index is 5.82. The number of rotatable bonds is 7. The molecule has 0 fully saturated rings. The highest BCUT2D eigenvalue weighted by Gasteiger charge is 2.19. The fourth-order valence-corrected chi connectivity index (χ4v) is 1.54. The molecule has 1 rings (SSSR count). The normalized spacial score (nSPS) is 14.7. The minimum atomic E-state index is -0.142. The summed E-state index contributed by atoms with van der Waals surface area (Å²) < 4.78 is 5.82. The fourth-order valence-electron chi connectivity index (χ4n) is 1.54. The van der Waals surface area contributed by atoms with Crippen LogP contribution in [-0.4, -0.2) is 18.8 Å². The molecule has 2 nitrogen and oxygen atoms in total. The average molecular weight is 221 g/mol. The summed E-state index contributed by atoms with van der Waals surface area (Å²) in [5, 5.41) is 0. The van der Waals surface area contributed by atoms with Crippen molar-refractivity contribution in [2.75, 3.05) is 13.2 Å². The molecule has 2 N–H and O–H groups in total. The van der Waals surface area contributed by atoms with Gasteiger partial charge in [0.25, 0.3) is 0 Å². The number of nitrogens with two attached hydrogens (primary N) is 1. The molecule has 0 bridgehead atoms. The molecule has 0 aliphatic heterocycles. The first-order valence-electron chi connectivity index (χ1n) is 6.08. The van der Waals surface area contributed by atoms with Gasteiger partial charge in [0.2, 0.25) is 0 Å². The van der Waals surface area contributed by atoms with Gasteiger partial charge in [-0.05, 0) is 31.7 Å². The van der Waals surface area contributed by atoms with E-state index in [0.717, 1.165) is 25.9 Å². The summed E-state index contributed by atoms with van der Waals surface area (Å²) in [6.07, 6.45) is 3.10. The van der Waals surface area contributed by atoms with Gasteiger partial charge in [-0.15, -0.1) is 0 Å². The van der Waals surface area contributed by atoms with Gasteiger partial charge in [0.1, 0.15) is 0 Å². The molecule has 0 spiro atoms. The first-order chi connectivity index (χ1) is 7.70. The smallest absolute Gasteiger partial charge is 0.0773 e. The zero-order valence-corrected chi connectivity index (χ0v) is 10.4. The molecule has 0 amide bonds. The summed E-state index contributed by atoms with van der Waals surface area (Å²) in [6, 6.07) is 10.5. The van der Waals surface area contributed by atoms with Crippen LogP contribution in [0.4, 0.5) is 0 Å². The van der Waals surface area contributed by atoms with Crippen molar-refractivity contribution in [1.29, 1.82) is 0 Å². The molecular weight excluding hydrogens is 198 g/mol. The predicted octanol–water partition coefficient (Wildman–Crippen LogP) is 2.76. The van der Waals surface area contributed by atoms with E-state index in [0.29, 0.717) is 6.54 Å². The molecule has 90 valence electrons. The lowest BCUT2D eigenvalue weighted by molar-refractivity contribution is -0.0282. The molecule has 16 heavy (non-hydrogen) atoms. The van der Waals surface area contributed by atoms with E-state index in [9.17, 15) is 0 Å². The van der Waals surface area contributed by atoms with Crippen molar-refractivity contribution in [2.24, 2.45) is 5.73 Å². The summed E-state index contributed by atoms with van der Waals surface area (Å²) in [5.41, 5.74) is 6.92. The Kier molecular flexibility index (Phi) is 5.50. The predicted molar refractivity (Wildman–Crippen MR) is 68.5 cm³/mol. The second-order valence-corrected chi connectivity index (χ2v) is 4.45. The summed E-state index contributed by atoms with van der Waals surface area (Å²) in [4.78, 5) is 0. The molecule has 0 heterocycles. The summed E-state index contributed by atoms with van der Waals surface area (Å²) >= 11 is 0. The molecule has 0 saturated heterocycles. The molecule has 1 unspecified atom stereocenters. The van der Waals surface area contributed by atoms with Gasteiger partial charge < -0.3 is 10.5 Å². The van der Waals surface area contributed by atoms with Gasteiger partial charge >= 0.3 is 0 Å². The Balaban J connectivity index is 2.22. The second-order valence-electron chi connectivity index (χ2n) is 4.45. The highest BCUT2D eigenvalue weighted by atomic mass is 16.5. The topological polar surface area (TPSA) is 35.2 Å². The quantitative estimate of drug-likeness (QED) is 0.719. The van der Waals surface area contributed by atoms with Gasteiger partial charge in [0, 0.05) is 13.2 Å². The summed E-state index contributed by atoms with van der Waals surface area (Å²) in [6.45, 7) is 5.57.